The molecule has 0 unspecified atom stereocenters. The van der Waals surface area contributed by atoms with Crippen molar-refractivity contribution >= 4 is 16.9 Å². The normalized spacial score (nSPS) is 10.2. The minimum absolute atomic E-state index is 1.05. The highest BCUT2D eigenvalue weighted by molar-refractivity contribution is 5.80. The van der Waals surface area contributed by atoms with E-state index in [1.54, 1.807) is 0 Å². The van der Waals surface area contributed by atoms with Crippen molar-refractivity contribution in [3.8, 4) is 0 Å². The van der Waals surface area contributed by atoms with Crippen LogP contribution in [-0.2, 0) is 0 Å². The van der Waals surface area contributed by atoms with Crippen molar-refractivity contribution in [2.24, 2.45) is 0 Å². The zero-order valence-corrected chi connectivity index (χ0v) is 12.7. The fourth-order valence-corrected chi connectivity index (χ4v) is 2.10. The van der Waals surface area contributed by atoms with E-state index in [0.717, 1.165) is 16.7 Å². The van der Waals surface area contributed by atoms with E-state index in [9.17, 15) is 0 Å². The summed E-state index contributed by atoms with van der Waals surface area (Å²) in [4.78, 5) is 4.20. The molecule has 0 aromatic heterocycles. The predicted molar refractivity (Wildman–Crippen MR) is 89.7 cm³/mol. The summed E-state index contributed by atoms with van der Waals surface area (Å²) in [5, 5.41) is 0. The van der Waals surface area contributed by atoms with Crippen molar-refractivity contribution < 1.29 is 0 Å². The Kier molecular flexibility index (Phi) is 4.14. The fraction of sp³-hybridized carbons (Fsp3) is 0.222. The van der Waals surface area contributed by atoms with E-state index in [1.165, 1.54) is 11.4 Å². The lowest BCUT2D eigenvalue weighted by Gasteiger charge is -2.16. The molecular weight excluding hydrogens is 244 g/mol. The lowest BCUT2D eigenvalue weighted by Crippen LogP contribution is -2.08. The third-order valence-electron chi connectivity index (χ3n) is 3.44. The number of hydrogen-bond donors (Lipinski definition) is 0. The molecule has 0 aliphatic carbocycles. The van der Waals surface area contributed by atoms with Crippen molar-refractivity contribution in [2.45, 2.75) is 0 Å². The highest BCUT2D eigenvalue weighted by Gasteiger charge is 2.05. The summed E-state index contributed by atoms with van der Waals surface area (Å²) in [5.41, 5.74) is 5.76. The van der Waals surface area contributed by atoms with E-state index in [4.69, 9.17) is 0 Å². The van der Waals surface area contributed by atoms with E-state index >= 15 is 0 Å². The molecular formula is C18H22N2. The summed E-state index contributed by atoms with van der Waals surface area (Å²) < 4.78 is 0. The number of hydrogen-bond acceptors (Lipinski definition) is 2. The topological polar surface area (TPSA) is 6.48 Å². The van der Waals surface area contributed by atoms with E-state index in [0.29, 0.717) is 0 Å². The maximum Gasteiger partial charge on any atom is 0.0367 e. The second-order valence-corrected chi connectivity index (χ2v) is 5.36. The molecule has 0 atom stereocenters. The maximum atomic E-state index is 4.24. The van der Waals surface area contributed by atoms with Gasteiger partial charge in [0.05, 0.1) is 0 Å². The lowest BCUT2D eigenvalue weighted by molar-refractivity contribution is 1.13. The molecule has 0 radical (unpaired) electrons. The molecule has 0 spiro atoms. The van der Waals surface area contributed by atoms with Crippen LogP contribution in [0.3, 0.4) is 0 Å². The standard InChI is InChI=1S/C18H22N2/c1-14(15-9-11-17(12-10-15)19(2)3)16-7-6-8-18(13-16)20(4)5/h6-13H,1H2,2-5H3. The summed E-state index contributed by atoms with van der Waals surface area (Å²) in [7, 11) is 8.19. The van der Waals surface area contributed by atoms with Gasteiger partial charge in [-0.05, 0) is 41.0 Å². The van der Waals surface area contributed by atoms with Crippen molar-refractivity contribution in [1.29, 1.82) is 0 Å². The number of rotatable bonds is 4. The Hall–Kier alpha value is -2.22. The Morgan fingerprint density at radius 3 is 1.90 bits per heavy atom. The van der Waals surface area contributed by atoms with Gasteiger partial charge in [0.1, 0.15) is 0 Å². The smallest absolute Gasteiger partial charge is 0.0367 e. The maximum absolute atomic E-state index is 4.24. The van der Waals surface area contributed by atoms with Crippen LogP contribution in [0.25, 0.3) is 5.57 Å². The van der Waals surface area contributed by atoms with Gasteiger partial charge in [0.25, 0.3) is 0 Å². The van der Waals surface area contributed by atoms with Gasteiger partial charge in [-0.1, -0.05) is 30.8 Å². The first kappa shape index (κ1) is 14.2. The largest absolute Gasteiger partial charge is 0.378 e. The van der Waals surface area contributed by atoms with E-state index in [2.05, 4.69) is 64.9 Å². The average molecular weight is 266 g/mol. The molecule has 2 rings (SSSR count). The second-order valence-electron chi connectivity index (χ2n) is 5.36. The van der Waals surface area contributed by atoms with E-state index in [1.807, 2.05) is 28.2 Å². The van der Waals surface area contributed by atoms with Gasteiger partial charge in [-0.3, -0.25) is 0 Å². The number of nitrogens with zero attached hydrogens (tertiary/aromatic N) is 2. The molecule has 0 amide bonds. The Morgan fingerprint density at radius 1 is 0.750 bits per heavy atom. The molecule has 2 heteroatoms. The summed E-state index contributed by atoms with van der Waals surface area (Å²) in [5.74, 6) is 0. The molecule has 2 aromatic carbocycles. The molecule has 0 heterocycles. The summed E-state index contributed by atoms with van der Waals surface area (Å²) in [6.07, 6.45) is 0. The Morgan fingerprint density at radius 2 is 1.35 bits per heavy atom. The summed E-state index contributed by atoms with van der Waals surface area (Å²) >= 11 is 0. The van der Waals surface area contributed by atoms with Crippen LogP contribution in [0.4, 0.5) is 11.4 Å². The Labute approximate surface area is 122 Å². The zero-order chi connectivity index (χ0) is 14.7. The van der Waals surface area contributed by atoms with Gasteiger partial charge in [0.15, 0.2) is 0 Å². The van der Waals surface area contributed by atoms with Gasteiger partial charge in [-0.15, -0.1) is 0 Å². The molecule has 2 aromatic rings. The predicted octanol–water partition coefficient (Wildman–Crippen LogP) is 3.88. The summed E-state index contributed by atoms with van der Waals surface area (Å²) in [6, 6.07) is 16.9. The van der Waals surface area contributed by atoms with E-state index < -0.39 is 0 Å². The second kappa shape index (κ2) is 5.83. The van der Waals surface area contributed by atoms with Crippen molar-refractivity contribution in [3.63, 3.8) is 0 Å². The van der Waals surface area contributed by atoms with Gasteiger partial charge in [0.2, 0.25) is 0 Å². The first-order valence-electron chi connectivity index (χ1n) is 6.73. The SMILES string of the molecule is C=C(c1ccc(N(C)C)cc1)c1cccc(N(C)C)c1. The van der Waals surface area contributed by atoms with Crippen LogP contribution in [0.15, 0.2) is 55.1 Å². The minimum Gasteiger partial charge on any atom is -0.378 e. The third kappa shape index (κ3) is 3.02. The minimum atomic E-state index is 1.05. The number of benzene rings is 2. The summed E-state index contributed by atoms with van der Waals surface area (Å²) in [6.45, 7) is 4.24. The number of anilines is 2. The van der Waals surface area contributed by atoms with Crippen LogP contribution in [0.2, 0.25) is 0 Å². The quantitative estimate of drug-likeness (QED) is 0.828. The molecule has 0 bridgehead atoms. The first-order valence-corrected chi connectivity index (χ1v) is 6.73. The van der Waals surface area contributed by atoms with Crippen molar-refractivity contribution in [2.75, 3.05) is 38.0 Å². The van der Waals surface area contributed by atoms with E-state index in [-0.39, 0.29) is 0 Å². The zero-order valence-electron chi connectivity index (χ0n) is 12.7. The van der Waals surface area contributed by atoms with Crippen LogP contribution in [-0.4, -0.2) is 28.2 Å². The molecule has 0 aliphatic rings. The first-order chi connectivity index (χ1) is 9.49. The molecule has 104 valence electrons. The van der Waals surface area contributed by atoms with Crippen LogP contribution in [0.1, 0.15) is 11.1 Å². The molecule has 0 saturated carbocycles. The van der Waals surface area contributed by atoms with Gasteiger partial charge < -0.3 is 9.80 Å². The Balaban J connectivity index is 2.29. The average Bonchev–Trinajstić information content (AvgIpc) is 2.46. The fourth-order valence-electron chi connectivity index (χ4n) is 2.10. The highest BCUT2D eigenvalue weighted by atomic mass is 15.1. The van der Waals surface area contributed by atoms with Crippen LogP contribution >= 0.6 is 0 Å². The lowest BCUT2D eigenvalue weighted by atomic mass is 9.99. The Bertz CT molecular complexity index is 595. The highest BCUT2D eigenvalue weighted by Crippen LogP contribution is 2.26. The molecule has 0 aliphatic heterocycles. The van der Waals surface area contributed by atoms with Gasteiger partial charge in [-0.25, -0.2) is 0 Å². The van der Waals surface area contributed by atoms with Crippen LogP contribution in [0.5, 0.6) is 0 Å². The molecule has 0 fully saturated rings. The van der Waals surface area contributed by atoms with Crippen molar-refractivity contribution in [1.82, 2.24) is 0 Å². The van der Waals surface area contributed by atoms with Gasteiger partial charge in [0, 0.05) is 39.6 Å². The van der Waals surface area contributed by atoms with Gasteiger partial charge >= 0.3 is 0 Å². The molecule has 0 N–H and O–H groups in total. The monoisotopic (exact) mass is 266 g/mol. The third-order valence-corrected chi connectivity index (χ3v) is 3.44. The molecule has 20 heavy (non-hydrogen) atoms. The van der Waals surface area contributed by atoms with Crippen LogP contribution in [0, 0.1) is 0 Å². The van der Waals surface area contributed by atoms with Gasteiger partial charge in [-0.2, -0.15) is 0 Å². The van der Waals surface area contributed by atoms with Crippen molar-refractivity contribution in [3.05, 3.63) is 66.2 Å². The van der Waals surface area contributed by atoms with Crippen LogP contribution < -0.4 is 9.80 Å². The molecule has 0 saturated heterocycles. The molecule has 2 nitrogen and oxygen atoms in total.